The topological polar surface area (TPSA) is 102 Å². The van der Waals surface area contributed by atoms with E-state index >= 15 is 0 Å². The first-order valence-corrected chi connectivity index (χ1v) is 8.87. The summed E-state index contributed by atoms with van der Waals surface area (Å²) >= 11 is 0. The summed E-state index contributed by atoms with van der Waals surface area (Å²) in [6.07, 6.45) is 7.31. The lowest BCUT2D eigenvalue weighted by atomic mass is 9.92. The molecular weight excluding hydrogens is 328 g/mol. The number of anilines is 1. The van der Waals surface area contributed by atoms with Crippen molar-refractivity contribution in [3.05, 3.63) is 48.3 Å². The van der Waals surface area contributed by atoms with Gasteiger partial charge in [0.25, 0.3) is 0 Å². The summed E-state index contributed by atoms with van der Waals surface area (Å²) < 4.78 is 1.74. The largest absolute Gasteiger partial charge is 0.507 e. The number of phenols is 1. The highest BCUT2D eigenvalue weighted by Gasteiger charge is 2.16. The Bertz CT molecular complexity index is 901. The molecule has 3 aromatic rings. The first kappa shape index (κ1) is 16.5. The number of aromatic hydroxyl groups is 1. The standard InChI is InChI=1S/C19H22N6O/c20-19-17(10-16(23-24-19)15-3-1-2-4-18(15)26)25-12-14(11-22-25)9-13-5-7-21-8-6-13/h1-4,10-13,21,26H,5-9H2,(H2,20,24). The van der Waals surface area contributed by atoms with Crippen LogP contribution >= 0.6 is 0 Å². The molecule has 4 rings (SSSR count). The van der Waals surface area contributed by atoms with Crippen molar-refractivity contribution >= 4 is 5.82 Å². The Labute approximate surface area is 151 Å². The molecule has 0 bridgehead atoms. The number of nitrogen functional groups attached to an aromatic ring is 1. The number of nitrogens with one attached hydrogen (secondary N) is 1. The summed E-state index contributed by atoms with van der Waals surface area (Å²) in [4.78, 5) is 0. The van der Waals surface area contributed by atoms with Crippen LogP contribution in [0.3, 0.4) is 0 Å². The highest BCUT2D eigenvalue weighted by atomic mass is 16.3. The Morgan fingerprint density at radius 2 is 2.00 bits per heavy atom. The third-order valence-corrected chi connectivity index (χ3v) is 4.85. The number of aromatic nitrogens is 4. The predicted molar refractivity (Wildman–Crippen MR) is 100.0 cm³/mol. The molecule has 0 atom stereocenters. The van der Waals surface area contributed by atoms with Crippen LogP contribution in [0.5, 0.6) is 5.75 Å². The SMILES string of the molecule is Nc1nnc(-c2ccccc2O)cc1-n1cc(CC2CCNCC2)cn1. The van der Waals surface area contributed by atoms with E-state index in [9.17, 15) is 5.11 Å². The highest BCUT2D eigenvalue weighted by molar-refractivity contribution is 5.70. The Kier molecular flexibility index (Phi) is 4.53. The number of piperidine rings is 1. The maximum atomic E-state index is 10.1. The van der Waals surface area contributed by atoms with Crippen LogP contribution in [0.4, 0.5) is 5.82 Å². The molecule has 134 valence electrons. The normalized spacial score (nSPS) is 15.2. The Morgan fingerprint density at radius 1 is 1.19 bits per heavy atom. The molecule has 2 aromatic heterocycles. The van der Waals surface area contributed by atoms with Crippen LogP contribution in [0.25, 0.3) is 16.9 Å². The van der Waals surface area contributed by atoms with Gasteiger partial charge in [0.05, 0.1) is 11.9 Å². The second-order valence-electron chi connectivity index (χ2n) is 6.71. The van der Waals surface area contributed by atoms with E-state index in [2.05, 4.69) is 20.6 Å². The zero-order valence-electron chi connectivity index (χ0n) is 14.5. The van der Waals surface area contributed by atoms with Crippen LogP contribution in [0, 0.1) is 5.92 Å². The van der Waals surface area contributed by atoms with Crippen molar-refractivity contribution in [2.24, 2.45) is 5.92 Å². The van der Waals surface area contributed by atoms with Crippen LogP contribution in [-0.4, -0.2) is 38.2 Å². The number of nitrogens with two attached hydrogens (primary N) is 1. The van der Waals surface area contributed by atoms with Crippen LogP contribution in [0.2, 0.25) is 0 Å². The lowest BCUT2D eigenvalue weighted by molar-refractivity contribution is 0.372. The smallest absolute Gasteiger partial charge is 0.172 e. The molecule has 7 nitrogen and oxygen atoms in total. The Hall–Kier alpha value is -2.93. The van der Waals surface area contributed by atoms with Gasteiger partial charge in [0.1, 0.15) is 11.4 Å². The van der Waals surface area contributed by atoms with Gasteiger partial charge in [-0.3, -0.25) is 0 Å². The van der Waals surface area contributed by atoms with Gasteiger partial charge in [0, 0.05) is 11.8 Å². The fourth-order valence-electron chi connectivity index (χ4n) is 3.41. The summed E-state index contributed by atoms with van der Waals surface area (Å²) in [5, 5.41) is 26.1. The number of benzene rings is 1. The fraction of sp³-hybridized carbons (Fsp3) is 0.316. The molecule has 0 radical (unpaired) electrons. The van der Waals surface area contributed by atoms with Crippen molar-refractivity contribution in [1.29, 1.82) is 0 Å². The Balaban J connectivity index is 1.61. The van der Waals surface area contributed by atoms with Crippen molar-refractivity contribution in [2.75, 3.05) is 18.8 Å². The van der Waals surface area contributed by atoms with Crippen molar-refractivity contribution in [3.8, 4) is 22.7 Å². The van der Waals surface area contributed by atoms with Crippen molar-refractivity contribution < 1.29 is 5.11 Å². The molecule has 3 heterocycles. The fourth-order valence-corrected chi connectivity index (χ4v) is 3.41. The highest BCUT2D eigenvalue weighted by Crippen LogP contribution is 2.29. The number of nitrogens with zero attached hydrogens (tertiary/aromatic N) is 4. The minimum Gasteiger partial charge on any atom is -0.507 e. The second kappa shape index (κ2) is 7.13. The predicted octanol–water partition coefficient (Wildman–Crippen LogP) is 2.16. The van der Waals surface area contributed by atoms with Gasteiger partial charge in [-0.15, -0.1) is 10.2 Å². The molecule has 4 N–H and O–H groups in total. The molecule has 0 aliphatic carbocycles. The van der Waals surface area contributed by atoms with E-state index in [0.717, 1.165) is 19.5 Å². The molecule has 1 fully saturated rings. The average Bonchev–Trinajstić information content (AvgIpc) is 3.12. The minimum atomic E-state index is 0.157. The average molecular weight is 350 g/mol. The first-order valence-electron chi connectivity index (χ1n) is 8.87. The monoisotopic (exact) mass is 350 g/mol. The molecule has 0 spiro atoms. The molecule has 1 aliphatic heterocycles. The quantitative estimate of drug-likeness (QED) is 0.666. The van der Waals surface area contributed by atoms with Gasteiger partial charge in [0.2, 0.25) is 0 Å². The van der Waals surface area contributed by atoms with Gasteiger partial charge in [-0.1, -0.05) is 12.1 Å². The van der Waals surface area contributed by atoms with Crippen LogP contribution in [0.1, 0.15) is 18.4 Å². The van der Waals surface area contributed by atoms with Gasteiger partial charge >= 0.3 is 0 Å². The van der Waals surface area contributed by atoms with E-state index < -0.39 is 0 Å². The third-order valence-electron chi connectivity index (χ3n) is 4.85. The van der Waals surface area contributed by atoms with Gasteiger partial charge in [-0.25, -0.2) is 4.68 Å². The maximum Gasteiger partial charge on any atom is 0.172 e. The minimum absolute atomic E-state index is 0.157. The number of para-hydroxylation sites is 1. The molecule has 1 aliphatic rings. The lowest BCUT2D eigenvalue weighted by Gasteiger charge is -2.21. The summed E-state index contributed by atoms with van der Waals surface area (Å²) in [7, 11) is 0. The Morgan fingerprint density at radius 3 is 2.81 bits per heavy atom. The molecule has 0 unspecified atom stereocenters. The summed E-state index contributed by atoms with van der Waals surface area (Å²) in [6.45, 7) is 2.17. The summed E-state index contributed by atoms with van der Waals surface area (Å²) in [5.41, 5.74) is 9.05. The second-order valence-corrected chi connectivity index (χ2v) is 6.71. The number of hydrogen-bond donors (Lipinski definition) is 3. The molecule has 26 heavy (non-hydrogen) atoms. The molecular formula is C19H22N6O. The van der Waals surface area contributed by atoms with E-state index in [4.69, 9.17) is 5.73 Å². The van der Waals surface area contributed by atoms with Gasteiger partial charge in [-0.2, -0.15) is 5.10 Å². The summed E-state index contributed by atoms with van der Waals surface area (Å²) in [6, 6.07) is 8.84. The zero-order chi connectivity index (χ0) is 17.9. The van der Waals surface area contributed by atoms with Crippen LogP contribution in [-0.2, 0) is 6.42 Å². The van der Waals surface area contributed by atoms with E-state index in [1.165, 1.54) is 18.4 Å². The zero-order valence-corrected chi connectivity index (χ0v) is 14.5. The van der Waals surface area contributed by atoms with E-state index in [-0.39, 0.29) is 5.75 Å². The van der Waals surface area contributed by atoms with E-state index in [1.54, 1.807) is 28.9 Å². The third kappa shape index (κ3) is 3.39. The number of rotatable bonds is 4. The van der Waals surface area contributed by atoms with Crippen LogP contribution < -0.4 is 11.1 Å². The molecule has 7 heteroatoms. The summed E-state index contributed by atoms with van der Waals surface area (Å²) in [5.74, 6) is 1.16. The number of phenolic OH excluding ortho intramolecular Hbond substituents is 1. The van der Waals surface area contributed by atoms with E-state index in [0.29, 0.717) is 28.7 Å². The van der Waals surface area contributed by atoms with Crippen molar-refractivity contribution in [2.45, 2.75) is 19.3 Å². The molecule has 1 saturated heterocycles. The van der Waals surface area contributed by atoms with Crippen molar-refractivity contribution in [3.63, 3.8) is 0 Å². The lowest BCUT2D eigenvalue weighted by Crippen LogP contribution is -2.28. The molecule has 0 saturated carbocycles. The molecule has 0 amide bonds. The first-order chi connectivity index (χ1) is 12.7. The molecule has 1 aromatic carbocycles. The van der Waals surface area contributed by atoms with Gasteiger partial charge in [-0.05, 0) is 62.0 Å². The van der Waals surface area contributed by atoms with Crippen LogP contribution in [0.15, 0.2) is 42.7 Å². The van der Waals surface area contributed by atoms with Gasteiger partial charge < -0.3 is 16.2 Å². The maximum absolute atomic E-state index is 10.1. The van der Waals surface area contributed by atoms with E-state index in [1.807, 2.05) is 18.5 Å². The van der Waals surface area contributed by atoms with Crippen molar-refractivity contribution in [1.82, 2.24) is 25.3 Å². The van der Waals surface area contributed by atoms with Gasteiger partial charge in [0.15, 0.2) is 5.82 Å². The number of hydrogen-bond acceptors (Lipinski definition) is 6.